The first-order valence-electron chi connectivity index (χ1n) is 15.4. The molecule has 0 fully saturated rings. The number of carbonyl (C=O) groups is 3. The van der Waals surface area contributed by atoms with E-state index in [2.05, 4.69) is 4.98 Å². The summed E-state index contributed by atoms with van der Waals surface area (Å²) in [4.78, 5) is 47.1. The minimum atomic E-state index is -1.14. The minimum Gasteiger partial charge on any atom is -0.496 e. The molecule has 11 heteroatoms. The maximum atomic E-state index is 14.0. The van der Waals surface area contributed by atoms with Crippen molar-refractivity contribution in [2.24, 2.45) is 11.5 Å². The Morgan fingerprint density at radius 2 is 1.64 bits per heavy atom. The third-order valence-corrected chi connectivity index (χ3v) is 7.97. The molecule has 3 unspecified atom stereocenters. The van der Waals surface area contributed by atoms with Crippen molar-refractivity contribution >= 4 is 17.8 Å². The number of aryl methyl sites for hydroxylation is 2. The molecule has 7 N–H and O–H groups in total. The lowest BCUT2D eigenvalue weighted by atomic mass is 9.93. The van der Waals surface area contributed by atoms with Crippen LogP contribution in [0.2, 0.25) is 0 Å². The molecular weight excluding hydrogens is 598 g/mol. The van der Waals surface area contributed by atoms with Crippen molar-refractivity contribution in [2.45, 2.75) is 72.2 Å². The predicted molar refractivity (Wildman–Crippen MR) is 181 cm³/mol. The molecule has 47 heavy (non-hydrogen) atoms. The van der Waals surface area contributed by atoms with Crippen molar-refractivity contribution in [3.05, 3.63) is 106 Å². The van der Waals surface area contributed by atoms with E-state index < -0.39 is 24.0 Å². The van der Waals surface area contributed by atoms with E-state index in [-0.39, 0.29) is 36.3 Å². The predicted octanol–water partition coefficient (Wildman–Crippen LogP) is 4.94. The highest BCUT2D eigenvalue weighted by Gasteiger charge is 2.29. The second-order valence-corrected chi connectivity index (χ2v) is 11.5. The summed E-state index contributed by atoms with van der Waals surface area (Å²) in [6.45, 7) is 9.36. The number of aliphatic hydroxyl groups excluding tert-OH is 1. The van der Waals surface area contributed by atoms with Gasteiger partial charge in [0.1, 0.15) is 17.1 Å². The maximum Gasteiger partial charge on any atom is 0.339 e. The van der Waals surface area contributed by atoms with Crippen LogP contribution >= 0.6 is 0 Å². The fourth-order valence-electron chi connectivity index (χ4n) is 5.06. The number of primary amides is 1. The summed E-state index contributed by atoms with van der Waals surface area (Å²) in [5.41, 5.74) is 17.1. The Morgan fingerprint density at radius 1 is 1.02 bits per heavy atom. The molecule has 3 aromatic carbocycles. The Kier molecular flexibility index (Phi) is 12.8. The monoisotopic (exact) mass is 643 g/mol. The number of benzene rings is 3. The number of aromatic carboxylic acids is 1. The molecule has 0 spiro atoms. The van der Waals surface area contributed by atoms with Crippen molar-refractivity contribution in [3.63, 3.8) is 0 Å². The number of hydrogen-bond acceptors (Lipinski definition) is 7. The number of carbonyl (C=O) groups excluding carboxylic acids is 2. The van der Waals surface area contributed by atoms with Gasteiger partial charge in [-0.05, 0) is 87.1 Å². The zero-order valence-electron chi connectivity index (χ0n) is 27.8. The minimum absolute atomic E-state index is 0.00972. The Labute approximate surface area is 275 Å². The smallest absolute Gasteiger partial charge is 0.339 e. The largest absolute Gasteiger partial charge is 0.496 e. The van der Waals surface area contributed by atoms with Crippen LogP contribution in [-0.2, 0) is 17.8 Å². The van der Waals surface area contributed by atoms with E-state index >= 15 is 0 Å². The molecule has 0 bridgehead atoms. The standard InChI is InChI=1S/C32H35N5O5.C4H10O/c1-18-12-23(29(34)38)13-19(2)24(18)15-26(33)31(39)37(17-21-10-11-28(42-4)25(14-21)32(40)41)20(3)30-35-16-27(36-30)22-8-6-5-7-9-22;1-3-4(2)5/h5-14,16,20,26H,15,17,33H2,1-4H3,(H2,34,38)(H,35,36)(H,40,41);4-5H,3H2,1-2H3. The molecule has 0 saturated carbocycles. The third kappa shape index (κ3) is 9.50. The highest BCUT2D eigenvalue weighted by atomic mass is 16.5. The van der Waals surface area contributed by atoms with E-state index in [1.54, 1.807) is 42.3 Å². The number of amides is 2. The van der Waals surface area contributed by atoms with Crippen LogP contribution in [0.1, 0.15) is 82.0 Å². The van der Waals surface area contributed by atoms with Gasteiger partial charge < -0.3 is 36.3 Å². The van der Waals surface area contributed by atoms with Crippen LogP contribution in [0.4, 0.5) is 0 Å². The average Bonchev–Trinajstić information content (AvgIpc) is 3.55. The lowest BCUT2D eigenvalue weighted by Gasteiger charge is -2.31. The summed E-state index contributed by atoms with van der Waals surface area (Å²) in [6, 6.07) is 16.4. The van der Waals surface area contributed by atoms with Gasteiger partial charge in [0.25, 0.3) is 0 Å². The summed E-state index contributed by atoms with van der Waals surface area (Å²) in [5, 5.41) is 18.1. The van der Waals surface area contributed by atoms with E-state index in [0.29, 0.717) is 17.0 Å². The van der Waals surface area contributed by atoms with Gasteiger partial charge >= 0.3 is 5.97 Å². The number of carboxylic acids is 1. The second-order valence-electron chi connectivity index (χ2n) is 11.5. The first-order valence-corrected chi connectivity index (χ1v) is 15.4. The topological polar surface area (TPSA) is 185 Å². The molecule has 0 aliphatic carbocycles. The van der Waals surface area contributed by atoms with Crippen molar-refractivity contribution < 1.29 is 29.3 Å². The third-order valence-electron chi connectivity index (χ3n) is 7.97. The van der Waals surface area contributed by atoms with E-state index in [4.69, 9.17) is 26.3 Å². The highest BCUT2D eigenvalue weighted by molar-refractivity contribution is 5.93. The number of H-pyrrole nitrogens is 1. The molecular formula is C36H45N5O6. The fourth-order valence-corrected chi connectivity index (χ4v) is 5.06. The number of nitrogens with two attached hydrogens (primary N) is 2. The lowest BCUT2D eigenvalue weighted by molar-refractivity contribution is -0.135. The normalized spacial score (nSPS) is 12.7. The molecule has 0 radical (unpaired) electrons. The molecule has 250 valence electrons. The van der Waals surface area contributed by atoms with Gasteiger partial charge in [-0.3, -0.25) is 9.59 Å². The van der Waals surface area contributed by atoms with Gasteiger partial charge in [-0.25, -0.2) is 9.78 Å². The summed E-state index contributed by atoms with van der Waals surface area (Å²) in [5.74, 6) is -1.23. The van der Waals surface area contributed by atoms with Crippen LogP contribution in [-0.4, -0.2) is 62.1 Å². The Morgan fingerprint density at radius 3 is 2.17 bits per heavy atom. The van der Waals surface area contributed by atoms with Crippen molar-refractivity contribution in [1.82, 2.24) is 14.9 Å². The molecule has 0 aliphatic heterocycles. The SMILES string of the molecule is CCC(C)O.COc1ccc(CN(C(=O)C(N)Cc2c(C)cc(C(N)=O)cc2C)C(C)c2nc(-c3ccccc3)c[nH]2)cc1C(=O)O. The zero-order chi connectivity index (χ0) is 34.8. The number of hydrogen-bond donors (Lipinski definition) is 5. The van der Waals surface area contributed by atoms with E-state index in [9.17, 15) is 19.5 Å². The van der Waals surface area contributed by atoms with Gasteiger partial charge in [-0.15, -0.1) is 0 Å². The van der Waals surface area contributed by atoms with Crippen LogP contribution in [0.15, 0.2) is 66.9 Å². The zero-order valence-corrected chi connectivity index (χ0v) is 27.8. The quantitative estimate of drug-likeness (QED) is 0.144. The first-order chi connectivity index (χ1) is 22.3. The number of aliphatic hydroxyl groups is 1. The van der Waals surface area contributed by atoms with Crippen LogP contribution in [0.25, 0.3) is 11.3 Å². The van der Waals surface area contributed by atoms with Gasteiger partial charge in [0, 0.05) is 23.9 Å². The van der Waals surface area contributed by atoms with Crippen LogP contribution in [0, 0.1) is 13.8 Å². The molecule has 2 amide bonds. The molecule has 0 saturated heterocycles. The highest BCUT2D eigenvalue weighted by Crippen LogP contribution is 2.28. The maximum absolute atomic E-state index is 14.0. The molecule has 11 nitrogen and oxygen atoms in total. The van der Waals surface area contributed by atoms with E-state index in [1.165, 1.54) is 13.2 Å². The average molecular weight is 644 g/mol. The molecule has 1 heterocycles. The van der Waals surface area contributed by atoms with Gasteiger partial charge in [0.15, 0.2) is 0 Å². The number of rotatable bonds is 12. The lowest BCUT2D eigenvalue weighted by Crippen LogP contribution is -2.46. The van der Waals surface area contributed by atoms with Crippen LogP contribution in [0.3, 0.4) is 0 Å². The number of methoxy groups -OCH3 is 1. The Balaban J connectivity index is 0.00000111. The summed E-state index contributed by atoms with van der Waals surface area (Å²) < 4.78 is 5.20. The molecule has 4 rings (SSSR count). The number of aromatic amines is 1. The summed E-state index contributed by atoms with van der Waals surface area (Å²) >= 11 is 0. The summed E-state index contributed by atoms with van der Waals surface area (Å²) in [6.07, 6.45) is 2.76. The Bertz CT molecular complexity index is 1660. The van der Waals surface area contributed by atoms with Crippen LogP contribution in [0.5, 0.6) is 5.75 Å². The number of ether oxygens (including phenoxy) is 1. The summed E-state index contributed by atoms with van der Waals surface area (Å²) in [7, 11) is 1.40. The van der Waals surface area contributed by atoms with Gasteiger partial charge in [0.05, 0.1) is 31.0 Å². The molecule has 0 aliphatic rings. The molecule has 4 aromatic rings. The van der Waals surface area contributed by atoms with Crippen molar-refractivity contribution in [3.8, 4) is 17.0 Å². The number of nitrogens with one attached hydrogen (secondary N) is 1. The van der Waals surface area contributed by atoms with Crippen molar-refractivity contribution in [1.29, 1.82) is 0 Å². The number of aromatic nitrogens is 2. The van der Waals surface area contributed by atoms with Gasteiger partial charge in [-0.2, -0.15) is 0 Å². The number of nitrogens with zero attached hydrogens (tertiary/aromatic N) is 2. The number of imidazole rings is 1. The fraction of sp³-hybridized carbons (Fsp3) is 0.333. The Hall–Kier alpha value is -5.00. The van der Waals surface area contributed by atoms with Gasteiger partial charge in [-0.1, -0.05) is 43.3 Å². The second kappa shape index (κ2) is 16.5. The van der Waals surface area contributed by atoms with Crippen molar-refractivity contribution in [2.75, 3.05) is 7.11 Å². The number of carboxylic acid groups (broad SMARTS) is 1. The molecule has 3 atom stereocenters. The van der Waals surface area contributed by atoms with E-state index in [1.807, 2.05) is 58.0 Å². The van der Waals surface area contributed by atoms with Crippen LogP contribution < -0.4 is 16.2 Å². The molecule has 1 aromatic heterocycles. The first kappa shape index (κ1) is 36.5. The van der Waals surface area contributed by atoms with E-state index in [0.717, 1.165) is 34.4 Å². The van der Waals surface area contributed by atoms with Gasteiger partial charge in [0.2, 0.25) is 11.8 Å².